The lowest BCUT2D eigenvalue weighted by Crippen LogP contribution is -2.38. The Hall–Kier alpha value is -1.61. The summed E-state index contributed by atoms with van der Waals surface area (Å²) in [6.45, 7) is 3.09. The van der Waals surface area contributed by atoms with Crippen molar-refractivity contribution in [3.8, 4) is 0 Å². The smallest absolute Gasteiger partial charge is 0.243 e. The van der Waals surface area contributed by atoms with Gasteiger partial charge in [-0.1, -0.05) is 56.8 Å². The van der Waals surface area contributed by atoms with Gasteiger partial charge >= 0.3 is 0 Å². The van der Waals surface area contributed by atoms with E-state index < -0.39 is 22.5 Å². The summed E-state index contributed by atoms with van der Waals surface area (Å²) < 4.78 is 28.8. The fraction of sp³-hybridized carbons (Fsp3) is 0.174. The molecule has 3 aromatic carbocycles. The number of aryl methyl sites for hydroxylation is 2. The van der Waals surface area contributed by atoms with E-state index in [1.54, 1.807) is 18.2 Å². The predicted octanol–water partition coefficient (Wildman–Crippen LogP) is 6.86. The monoisotopic (exact) mass is 588 g/mol. The molecule has 0 aliphatic carbocycles. The molecule has 174 valence electrons. The lowest BCUT2D eigenvalue weighted by Gasteiger charge is -2.23. The molecular formula is C23H20BrCl3N2O3S. The molecule has 0 radical (unpaired) electrons. The molecule has 0 aromatic heterocycles. The van der Waals surface area contributed by atoms with Gasteiger partial charge in [0.05, 0.1) is 11.4 Å². The van der Waals surface area contributed by atoms with Crippen LogP contribution in [0.15, 0.2) is 64.0 Å². The minimum Gasteiger partial charge on any atom is -0.324 e. The summed E-state index contributed by atoms with van der Waals surface area (Å²) in [5.41, 5.74) is 2.72. The maximum Gasteiger partial charge on any atom is 0.243 e. The largest absolute Gasteiger partial charge is 0.324 e. The van der Waals surface area contributed by atoms with Crippen LogP contribution in [0.2, 0.25) is 15.1 Å². The van der Waals surface area contributed by atoms with Gasteiger partial charge in [0.2, 0.25) is 15.9 Å². The minimum absolute atomic E-state index is 0.00104. The lowest BCUT2D eigenvalue weighted by atomic mass is 10.1. The van der Waals surface area contributed by atoms with Crippen molar-refractivity contribution in [3.63, 3.8) is 0 Å². The minimum atomic E-state index is -4.07. The fourth-order valence-corrected chi connectivity index (χ4v) is 5.98. The fourth-order valence-electron chi connectivity index (χ4n) is 3.29. The number of carbonyl (C=O) groups is 1. The summed E-state index contributed by atoms with van der Waals surface area (Å²) in [6.07, 6.45) is 0. The van der Waals surface area contributed by atoms with Crippen molar-refractivity contribution >= 4 is 72.4 Å². The first-order valence-electron chi connectivity index (χ1n) is 9.74. The second kappa shape index (κ2) is 10.8. The Kier molecular flexibility index (Phi) is 8.48. The SMILES string of the molecule is Cc1cc(Br)cc(C)c1NC(=O)CN(Cc1c(Cl)cccc1Cl)S(=O)(=O)c1ccc(Cl)cc1. The van der Waals surface area contributed by atoms with E-state index in [9.17, 15) is 13.2 Å². The zero-order valence-electron chi connectivity index (χ0n) is 17.7. The van der Waals surface area contributed by atoms with Gasteiger partial charge in [-0.05, 0) is 73.5 Å². The van der Waals surface area contributed by atoms with Crippen LogP contribution in [0.5, 0.6) is 0 Å². The van der Waals surface area contributed by atoms with E-state index >= 15 is 0 Å². The lowest BCUT2D eigenvalue weighted by molar-refractivity contribution is -0.116. The molecule has 33 heavy (non-hydrogen) atoms. The van der Waals surface area contributed by atoms with E-state index in [-0.39, 0.29) is 11.4 Å². The molecule has 0 atom stereocenters. The van der Waals surface area contributed by atoms with Gasteiger partial charge in [0, 0.05) is 37.3 Å². The standard InChI is InChI=1S/C23H20BrCl3N2O3S/c1-14-10-16(24)11-15(2)23(14)28-22(30)13-29(12-19-20(26)4-3-5-21(19)27)33(31,32)18-8-6-17(25)7-9-18/h3-11H,12-13H2,1-2H3,(H,28,30). The second-order valence-corrected chi connectivity index (χ2v) is 11.5. The van der Waals surface area contributed by atoms with Crippen LogP contribution in [-0.4, -0.2) is 25.2 Å². The molecule has 1 amide bonds. The van der Waals surface area contributed by atoms with E-state index in [4.69, 9.17) is 34.8 Å². The predicted molar refractivity (Wildman–Crippen MR) is 138 cm³/mol. The highest BCUT2D eigenvalue weighted by molar-refractivity contribution is 9.10. The molecule has 0 saturated heterocycles. The van der Waals surface area contributed by atoms with Crippen LogP contribution in [-0.2, 0) is 21.4 Å². The molecular weight excluding hydrogens is 571 g/mol. The molecule has 5 nitrogen and oxygen atoms in total. The summed E-state index contributed by atoms with van der Waals surface area (Å²) in [4.78, 5) is 13.0. The Morgan fingerprint density at radius 1 is 0.970 bits per heavy atom. The summed E-state index contributed by atoms with van der Waals surface area (Å²) >= 11 is 21.9. The van der Waals surface area contributed by atoms with Crippen molar-refractivity contribution in [2.75, 3.05) is 11.9 Å². The first-order chi connectivity index (χ1) is 15.5. The first-order valence-corrected chi connectivity index (χ1v) is 13.1. The number of carbonyl (C=O) groups excluding carboxylic acids is 1. The van der Waals surface area contributed by atoms with Crippen molar-refractivity contribution in [1.29, 1.82) is 0 Å². The summed E-state index contributed by atoms with van der Waals surface area (Å²) in [6, 6.07) is 14.4. The summed E-state index contributed by atoms with van der Waals surface area (Å²) in [7, 11) is -4.07. The van der Waals surface area contributed by atoms with Crippen molar-refractivity contribution in [2.45, 2.75) is 25.3 Å². The molecule has 3 rings (SSSR count). The van der Waals surface area contributed by atoms with E-state index in [0.29, 0.717) is 26.3 Å². The highest BCUT2D eigenvalue weighted by Crippen LogP contribution is 2.29. The van der Waals surface area contributed by atoms with Crippen molar-refractivity contribution in [3.05, 3.63) is 90.8 Å². The number of hydrogen-bond donors (Lipinski definition) is 1. The molecule has 0 unspecified atom stereocenters. The van der Waals surface area contributed by atoms with E-state index in [1.807, 2.05) is 26.0 Å². The second-order valence-electron chi connectivity index (χ2n) is 7.39. The maximum absolute atomic E-state index is 13.4. The van der Waals surface area contributed by atoms with E-state index in [0.717, 1.165) is 19.9 Å². The van der Waals surface area contributed by atoms with Crippen molar-refractivity contribution in [2.24, 2.45) is 0 Å². The number of nitrogens with one attached hydrogen (secondary N) is 1. The number of anilines is 1. The Morgan fingerprint density at radius 2 is 1.52 bits per heavy atom. The normalized spacial score (nSPS) is 11.6. The summed E-state index contributed by atoms with van der Waals surface area (Å²) in [5.74, 6) is -0.496. The molecule has 0 bridgehead atoms. The Bertz CT molecular complexity index is 1260. The third kappa shape index (κ3) is 6.29. The van der Waals surface area contributed by atoms with E-state index in [2.05, 4.69) is 21.2 Å². The number of nitrogens with zero attached hydrogens (tertiary/aromatic N) is 1. The van der Waals surface area contributed by atoms with Crippen LogP contribution in [0.1, 0.15) is 16.7 Å². The first kappa shape index (κ1) is 26.0. The maximum atomic E-state index is 13.4. The molecule has 3 aromatic rings. The average molecular weight is 591 g/mol. The quantitative estimate of drug-likeness (QED) is 0.327. The molecule has 0 fully saturated rings. The van der Waals surface area contributed by atoms with Crippen LogP contribution >= 0.6 is 50.7 Å². The number of halogens is 4. The molecule has 0 spiro atoms. The van der Waals surface area contributed by atoms with Crippen molar-refractivity contribution in [1.82, 2.24) is 4.31 Å². The molecule has 0 aliphatic heterocycles. The number of hydrogen-bond acceptors (Lipinski definition) is 3. The average Bonchev–Trinajstić information content (AvgIpc) is 2.73. The summed E-state index contributed by atoms with van der Waals surface area (Å²) in [5, 5.41) is 3.84. The van der Waals surface area contributed by atoms with Crippen LogP contribution in [0.25, 0.3) is 0 Å². The Labute approximate surface area is 216 Å². The zero-order chi connectivity index (χ0) is 24.3. The van der Waals surface area contributed by atoms with Crippen LogP contribution in [0.3, 0.4) is 0 Å². The van der Waals surface area contributed by atoms with Crippen LogP contribution in [0.4, 0.5) is 5.69 Å². The highest BCUT2D eigenvalue weighted by Gasteiger charge is 2.28. The topological polar surface area (TPSA) is 66.5 Å². The van der Waals surface area contributed by atoms with Gasteiger partial charge in [-0.25, -0.2) is 8.42 Å². The van der Waals surface area contributed by atoms with E-state index in [1.165, 1.54) is 24.3 Å². The number of amides is 1. The highest BCUT2D eigenvalue weighted by atomic mass is 79.9. The van der Waals surface area contributed by atoms with Gasteiger partial charge in [-0.2, -0.15) is 4.31 Å². The molecule has 1 N–H and O–H groups in total. The molecule has 10 heteroatoms. The van der Waals surface area contributed by atoms with Crippen LogP contribution < -0.4 is 5.32 Å². The van der Waals surface area contributed by atoms with Crippen molar-refractivity contribution < 1.29 is 13.2 Å². The molecule has 0 saturated carbocycles. The number of sulfonamides is 1. The van der Waals surface area contributed by atoms with Crippen LogP contribution in [0, 0.1) is 13.8 Å². The van der Waals surface area contributed by atoms with Gasteiger partial charge in [0.15, 0.2) is 0 Å². The molecule has 0 heterocycles. The van der Waals surface area contributed by atoms with Gasteiger partial charge < -0.3 is 5.32 Å². The number of benzene rings is 3. The Morgan fingerprint density at radius 3 is 2.06 bits per heavy atom. The third-order valence-electron chi connectivity index (χ3n) is 4.93. The zero-order valence-corrected chi connectivity index (χ0v) is 22.4. The molecule has 0 aliphatic rings. The van der Waals surface area contributed by atoms with Gasteiger partial charge in [0.25, 0.3) is 0 Å². The third-order valence-corrected chi connectivity index (χ3v) is 8.15. The van der Waals surface area contributed by atoms with Gasteiger partial charge in [-0.15, -0.1) is 0 Å². The number of rotatable bonds is 7. The Balaban J connectivity index is 1.96. The van der Waals surface area contributed by atoms with Gasteiger partial charge in [0.1, 0.15) is 0 Å². The van der Waals surface area contributed by atoms with Gasteiger partial charge in [-0.3, -0.25) is 4.79 Å².